The third kappa shape index (κ3) is 2.65. The molecular formula is C19H18ClNO. The summed E-state index contributed by atoms with van der Waals surface area (Å²) >= 11 is 6.17. The molecule has 2 aliphatic heterocycles. The lowest BCUT2D eigenvalue weighted by Crippen LogP contribution is -2.21. The summed E-state index contributed by atoms with van der Waals surface area (Å²) in [6, 6.07) is 14.1. The summed E-state index contributed by atoms with van der Waals surface area (Å²) in [6.07, 6.45) is 4.86. The van der Waals surface area contributed by atoms with Crippen molar-refractivity contribution < 1.29 is 4.74 Å². The van der Waals surface area contributed by atoms with E-state index in [1.165, 1.54) is 31.5 Å². The molecule has 0 aliphatic carbocycles. The molecule has 0 atom stereocenters. The van der Waals surface area contributed by atoms with E-state index in [-0.39, 0.29) is 0 Å². The van der Waals surface area contributed by atoms with Crippen LogP contribution in [0.2, 0.25) is 5.02 Å². The van der Waals surface area contributed by atoms with Crippen LogP contribution in [0.15, 0.2) is 42.5 Å². The van der Waals surface area contributed by atoms with Crippen LogP contribution in [0.5, 0.6) is 11.5 Å². The van der Waals surface area contributed by atoms with Crippen LogP contribution >= 0.6 is 11.6 Å². The van der Waals surface area contributed by atoms with Gasteiger partial charge in [0, 0.05) is 28.8 Å². The van der Waals surface area contributed by atoms with Crippen molar-refractivity contribution in [2.75, 3.05) is 19.6 Å². The highest BCUT2D eigenvalue weighted by Crippen LogP contribution is 2.39. The third-order valence-electron chi connectivity index (χ3n) is 4.35. The van der Waals surface area contributed by atoms with Crippen LogP contribution in [-0.2, 0) is 0 Å². The van der Waals surface area contributed by atoms with E-state index in [0.717, 1.165) is 29.2 Å². The third-order valence-corrected chi connectivity index (χ3v) is 4.59. The van der Waals surface area contributed by atoms with Crippen molar-refractivity contribution >= 4 is 23.3 Å². The molecule has 2 heterocycles. The summed E-state index contributed by atoms with van der Waals surface area (Å²) in [5.74, 6) is 1.74. The van der Waals surface area contributed by atoms with Crippen LogP contribution in [0, 0.1) is 0 Å². The molecule has 0 saturated carbocycles. The molecule has 0 unspecified atom stereocenters. The van der Waals surface area contributed by atoms with Crippen LogP contribution in [0.3, 0.4) is 0 Å². The van der Waals surface area contributed by atoms with E-state index in [1.54, 1.807) is 0 Å². The van der Waals surface area contributed by atoms with E-state index in [4.69, 9.17) is 16.3 Å². The number of hydrogen-bond donors (Lipinski definition) is 0. The molecule has 0 N–H and O–H groups in total. The quantitative estimate of drug-likeness (QED) is 0.766. The minimum absolute atomic E-state index is 0.707. The van der Waals surface area contributed by atoms with Gasteiger partial charge in [-0.25, -0.2) is 0 Å². The smallest absolute Gasteiger partial charge is 0.136 e. The van der Waals surface area contributed by atoms with Crippen molar-refractivity contribution in [3.05, 3.63) is 58.6 Å². The first-order valence-corrected chi connectivity index (χ1v) is 8.17. The maximum Gasteiger partial charge on any atom is 0.136 e. The number of hydrogen-bond acceptors (Lipinski definition) is 2. The maximum atomic E-state index is 6.17. The van der Waals surface area contributed by atoms with E-state index < -0.39 is 0 Å². The fourth-order valence-corrected chi connectivity index (χ4v) is 3.40. The Kier molecular flexibility index (Phi) is 3.65. The summed E-state index contributed by atoms with van der Waals surface area (Å²) < 4.78 is 6.12. The Morgan fingerprint density at radius 3 is 2.68 bits per heavy atom. The second-order valence-electron chi connectivity index (χ2n) is 5.93. The second-order valence-corrected chi connectivity index (χ2v) is 6.37. The first-order chi connectivity index (χ1) is 10.8. The molecule has 0 amide bonds. The van der Waals surface area contributed by atoms with E-state index >= 15 is 0 Å². The van der Waals surface area contributed by atoms with Gasteiger partial charge in [-0.2, -0.15) is 0 Å². The van der Waals surface area contributed by atoms with E-state index in [9.17, 15) is 0 Å². The van der Waals surface area contributed by atoms with Gasteiger partial charge in [-0.1, -0.05) is 29.8 Å². The molecule has 2 nitrogen and oxygen atoms in total. The number of rotatable bonds is 2. The molecule has 3 heteroatoms. The highest BCUT2D eigenvalue weighted by Gasteiger charge is 2.20. The van der Waals surface area contributed by atoms with Gasteiger partial charge in [-0.05, 0) is 55.8 Å². The van der Waals surface area contributed by atoms with Crippen LogP contribution in [0.1, 0.15) is 24.0 Å². The highest BCUT2D eigenvalue weighted by atomic mass is 35.5. The molecule has 1 saturated heterocycles. The Morgan fingerprint density at radius 1 is 1.00 bits per heavy atom. The number of halogens is 1. The predicted molar refractivity (Wildman–Crippen MR) is 91.5 cm³/mol. The minimum atomic E-state index is 0.707. The molecule has 112 valence electrons. The van der Waals surface area contributed by atoms with Gasteiger partial charge in [0.1, 0.15) is 11.5 Å². The molecule has 2 aliphatic rings. The van der Waals surface area contributed by atoms with E-state index in [1.807, 2.05) is 24.3 Å². The molecule has 0 bridgehead atoms. The first kappa shape index (κ1) is 13.9. The van der Waals surface area contributed by atoms with Gasteiger partial charge in [0.05, 0.1) is 0 Å². The lowest BCUT2D eigenvalue weighted by Gasteiger charge is -2.18. The Bertz CT molecular complexity index is 732. The molecule has 0 spiro atoms. The lowest BCUT2D eigenvalue weighted by atomic mass is 10.0. The summed E-state index contributed by atoms with van der Waals surface area (Å²) in [7, 11) is 0. The van der Waals surface area contributed by atoms with Gasteiger partial charge < -0.3 is 4.74 Å². The van der Waals surface area contributed by atoms with Gasteiger partial charge in [-0.3, -0.25) is 4.90 Å². The van der Waals surface area contributed by atoms with Crippen molar-refractivity contribution in [2.45, 2.75) is 12.8 Å². The molecule has 22 heavy (non-hydrogen) atoms. The summed E-state index contributed by atoms with van der Waals surface area (Å²) in [5.41, 5.74) is 3.58. The van der Waals surface area contributed by atoms with Crippen molar-refractivity contribution in [2.24, 2.45) is 0 Å². The summed E-state index contributed by atoms with van der Waals surface area (Å²) in [6.45, 7) is 3.33. The van der Waals surface area contributed by atoms with E-state index in [2.05, 4.69) is 29.2 Å². The minimum Gasteiger partial charge on any atom is -0.456 e. The van der Waals surface area contributed by atoms with Crippen LogP contribution < -0.4 is 4.74 Å². The van der Waals surface area contributed by atoms with E-state index in [0.29, 0.717) is 5.02 Å². The molecule has 0 radical (unpaired) electrons. The van der Waals surface area contributed by atoms with Crippen molar-refractivity contribution in [1.29, 1.82) is 0 Å². The largest absolute Gasteiger partial charge is 0.456 e. The lowest BCUT2D eigenvalue weighted by molar-refractivity contribution is 0.383. The van der Waals surface area contributed by atoms with Gasteiger partial charge in [0.15, 0.2) is 0 Å². The Morgan fingerprint density at radius 2 is 1.82 bits per heavy atom. The topological polar surface area (TPSA) is 12.5 Å². The average molecular weight is 312 g/mol. The molecule has 4 rings (SSSR count). The van der Waals surface area contributed by atoms with Crippen LogP contribution in [-0.4, -0.2) is 24.5 Å². The average Bonchev–Trinajstić information content (AvgIpc) is 2.96. The standard InChI is InChI=1S/C19H18ClNO/c20-16-7-8-17-15(13-21-9-3-4-10-21)11-14-5-1-2-6-18(14)22-19(17)12-16/h1-2,5-8,11-12H,3-4,9-10,13H2. The van der Waals surface area contributed by atoms with Gasteiger partial charge in [0.2, 0.25) is 0 Å². The normalized spacial score (nSPS) is 17.2. The number of nitrogens with zero attached hydrogens (tertiary/aromatic N) is 1. The zero-order chi connectivity index (χ0) is 14.9. The summed E-state index contributed by atoms with van der Waals surface area (Å²) in [5, 5.41) is 0.707. The summed E-state index contributed by atoms with van der Waals surface area (Å²) in [4.78, 5) is 2.51. The van der Waals surface area contributed by atoms with Crippen molar-refractivity contribution in [1.82, 2.24) is 4.90 Å². The highest BCUT2D eigenvalue weighted by molar-refractivity contribution is 6.30. The van der Waals surface area contributed by atoms with Gasteiger partial charge in [0.25, 0.3) is 0 Å². The monoisotopic (exact) mass is 311 g/mol. The number of likely N-dealkylation sites (tertiary alicyclic amines) is 1. The van der Waals surface area contributed by atoms with Crippen LogP contribution in [0.4, 0.5) is 0 Å². The maximum absolute atomic E-state index is 6.17. The Hall–Kier alpha value is -1.77. The molecule has 0 aromatic heterocycles. The molecular weight excluding hydrogens is 294 g/mol. The van der Waals surface area contributed by atoms with Crippen LogP contribution in [0.25, 0.3) is 11.6 Å². The van der Waals surface area contributed by atoms with Gasteiger partial charge >= 0.3 is 0 Å². The Labute approximate surface area is 136 Å². The SMILES string of the molecule is Clc1ccc2c(c1)Oc1ccccc1C=C2CN1CCCC1. The fraction of sp³-hybridized carbons (Fsp3) is 0.263. The van der Waals surface area contributed by atoms with Gasteiger partial charge in [-0.15, -0.1) is 0 Å². The second kappa shape index (κ2) is 5.79. The number of benzene rings is 2. The molecule has 2 aromatic carbocycles. The number of fused-ring (bicyclic) bond motifs is 2. The van der Waals surface area contributed by atoms with Crippen molar-refractivity contribution in [3.63, 3.8) is 0 Å². The zero-order valence-electron chi connectivity index (χ0n) is 12.4. The Balaban J connectivity index is 1.80. The zero-order valence-corrected chi connectivity index (χ0v) is 13.1. The fourth-order valence-electron chi connectivity index (χ4n) is 3.23. The van der Waals surface area contributed by atoms with Crippen molar-refractivity contribution in [3.8, 4) is 11.5 Å². The number of ether oxygens (including phenoxy) is 1. The number of para-hydroxylation sites is 1. The molecule has 2 aromatic rings. The molecule has 1 fully saturated rings. The first-order valence-electron chi connectivity index (χ1n) is 7.79. The predicted octanol–water partition coefficient (Wildman–Crippen LogP) is 5.08.